The zero-order valence-electron chi connectivity index (χ0n) is 27.2. The van der Waals surface area contributed by atoms with Crippen LogP contribution in [0, 0.1) is 12.3 Å². The lowest BCUT2D eigenvalue weighted by molar-refractivity contribution is -0.139. The van der Waals surface area contributed by atoms with Crippen molar-refractivity contribution in [1.29, 1.82) is 0 Å². The lowest BCUT2D eigenvalue weighted by atomic mass is 9.84. The van der Waals surface area contributed by atoms with Crippen LogP contribution in [-0.2, 0) is 32.1 Å². The van der Waals surface area contributed by atoms with E-state index in [2.05, 4.69) is 26.1 Å². The highest BCUT2D eigenvalue weighted by molar-refractivity contribution is 7.12. The van der Waals surface area contributed by atoms with Crippen LogP contribution in [0.5, 0.6) is 17.2 Å². The molecule has 10 nitrogen and oxygen atoms in total. The van der Waals surface area contributed by atoms with Crippen LogP contribution in [0.25, 0.3) is 0 Å². The van der Waals surface area contributed by atoms with Crippen molar-refractivity contribution in [1.82, 2.24) is 5.32 Å². The van der Waals surface area contributed by atoms with E-state index >= 15 is 0 Å². The molecule has 3 aromatic rings. The van der Waals surface area contributed by atoms with E-state index in [9.17, 15) is 14.4 Å². The number of carbonyl (C=O) groups excluding carboxylic acids is 2. The molecule has 0 bridgehead atoms. The molecule has 2 aliphatic heterocycles. The van der Waals surface area contributed by atoms with Crippen LogP contribution in [0.3, 0.4) is 0 Å². The van der Waals surface area contributed by atoms with Gasteiger partial charge in [0.05, 0.1) is 38.9 Å². The second kappa shape index (κ2) is 13.7. The van der Waals surface area contributed by atoms with E-state index in [0.717, 1.165) is 20.9 Å². The maximum Gasteiger partial charge on any atom is 0.303 e. The maximum atomic E-state index is 14.6. The number of thiophene rings is 1. The molecule has 11 heteroatoms. The molecule has 2 aliphatic rings. The SMILES string of the molecule is COc1cccc([C@H]2O[C@H](CC(=O)NCc3ccc(CCCC(=O)O)s3)C(=O)N3c4c(cc(C)cc42)OC[C@H]3C(C)(C)C)c1OC. The third kappa shape index (κ3) is 7.00. The number of nitrogens with one attached hydrogen (secondary N) is 1. The first-order valence-electron chi connectivity index (χ1n) is 15.4. The van der Waals surface area contributed by atoms with Crippen molar-refractivity contribution in [2.45, 2.75) is 78.2 Å². The second-order valence-electron chi connectivity index (χ2n) is 12.8. The monoisotopic (exact) mass is 650 g/mol. The predicted octanol–water partition coefficient (Wildman–Crippen LogP) is 5.82. The molecule has 0 saturated heterocycles. The molecule has 0 saturated carbocycles. The fraction of sp³-hybridized carbons (Fsp3) is 0.457. The Hall–Kier alpha value is -4.09. The molecule has 0 spiro atoms. The van der Waals surface area contributed by atoms with E-state index in [0.29, 0.717) is 54.5 Å². The molecule has 0 aliphatic carbocycles. The second-order valence-corrected chi connectivity index (χ2v) is 14.0. The molecule has 5 rings (SSSR count). The zero-order valence-corrected chi connectivity index (χ0v) is 28.0. The molecule has 3 heterocycles. The van der Waals surface area contributed by atoms with Gasteiger partial charge in [0.25, 0.3) is 5.91 Å². The van der Waals surface area contributed by atoms with Crippen LogP contribution in [0.2, 0.25) is 0 Å². The number of amides is 2. The smallest absolute Gasteiger partial charge is 0.303 e. The molecule has 0 fully saturated rings. The van der Waals surface area contributed by atoms with Crippen LogP contribution >= 0.6 is 11.3 Å². The lowest BCUT2D eigenvalue weighted by Gasteiger charge is -2.44. The Bertz CT molecular complexity index is 1610. The summed E-state index contributed by atoms with van der Waals surface area (Å²) in [5.41, 5.74) is 2.67. The molecule has 246 valence electrons. The summed E-state index contributed by atoms with van der Waals surface area (Å²) in [4.78, 5) is 42.7. The number of carboxylic acid groups (broad SMARTS) is 1. The molecule has 0 unspecified atom stereocenters. The lowest BCUT2D eigenvalue weighted by Crippen LogP contribution is -2.56. The number of rotatable bonds is 11. The Morgan fingerprint density at radius 2 is 1.85 bits per heavy atom. The van der Waals surface area contributed by atoms with E-state index < -0.39 is 18.2 Å². The molecule has 2 aromatic carbocycles. The normalized spacial score (nSPS) is 19.1. The fourth-order valence-electron chi connectivity index (χ4n) is 6.08. The Kier molecular flexibility index (Phi) is 9.93. The topological polar surface area (TPSA) is 124 Å². The number of hydrogen-bond donors (Lipinski definition) is 2. The van der Waals surface area contributed by atoms with Gasteiger partial charge in [-0.05, 0) is 55.0 Å². The van der Waals surface area contributed by atoms with Crippen molar-refractivity contribution in [3.8, 4) is 17.2 Å². The average Bonchev–Trinajstić information content (AvgIpc) is 3.42. The van der Waals surface area contributed by atoms with Crippen LogP contribution in [0.15, 0.2) is 42.5 Å². The van der Waals surface area contributed by atoms with Gasteiger partial charge in [-0.15, -0.1) is 11.3 Å². The molecule has 2 N–H and O–H groups in total. The summed E-state index contributed by atoms with van der Waals surface area (Å²) in [6.45, 7) is 8.78. The van der Waals surface area contributed by atoms with Crippen LogP contribution < -0.4 is 24.4 Å². The van der Waals surface area contributed by atoms with Gasteiger partial charge in [0, 0.05) is 27.3 Å². The number of nitrogens with zero attached hydrogens (tertiary/aromatic N) is 1. The number of para-hydroxylation sites is 1. The summed E-state index contributed by atoms with van der Waals surface area (Å²) >= 11 is 1.54. The number of anilines is 1. The van der Waals surface area contributed by atoms with Crippen LogP contribution in [-0.4, -0.2) is 55.9 Å². The zero-order chi connectivity index (χ0) is 33.2. The number of hydrogen-bond acceptors (Lipinski definition) is 8. The van der Waals surface area contributed by atoms with Gasteiger partial charge < -0.3 is 29.4 Å². The number of ether oxygens (including phenoxy) is 4. The van der Waals surface area contributed by atoms with Gasteiger partial charge in [-0.1, -0.05) is 39.0 Å². The van der Waals surface area contributed by atoms with Gasteiger partial charge in [-0.2, -0.15) is 0 Å². The highest BCUT2D eigenvalue weighted by atomic mass is 32.1. The Morgan fingerprint density at radius 1 is 1.09 bits per heavy atom. The Labute approximate surface area is 273 Å². The quantitative estimate of drug-likeness (QED) is 0.266. The standard InChI is InChI=1S/C35H42N2O8S/c1-20-15-24-31-26(16-20)44-19-28(35(2,3)4)37(31)34(41)27(45-32(24)23-10-8-11-25(42-5)33(23)43-6)17-29(38)36-18-22-14-13-21(46-22)9-7-12-30(39)40/h8,10-11,13-16,27-28,32H,7,9,12,17-19H2,1-6H3,(H,36,38)(H,39,40)/t27-,28+,32-/m1/s1. The van der Waals surface area contributed by atoms with Crippen LogP contribution in [0.1, 0.15) is 72.6 Å². The first-order valence-corrected chi connectivity index (χ1v) is 16.3. The average molecular weight is 651 g/mol. The third-order valence-corrected chi connectivity index (χ3v) is 9.52. The summed E-state index contributed by atoms with van der Waals surface area (Å²) in [6.07, 6.45) is -0.706. The van der Waals surface area contributed by atoms with Crippen molar-refractivity contribution in [3.63, 3.8) is 0 Å². The molecular weight excluding hydrogens is 608 g/mol. The summed E-state index contributed by atoms with van der Waals surface area (Å²) in [5, 5.41) is 11.9. The summed E-state index contributed by atoms with van der Waals surface area (Å²) < 4.78 is 24.4. The molecule has 1 aromatic heterocycles. The molecular formula is C35H42N2O8S. The minimum atomic E-state index is -1.10. The summed E-state index contributed by atoms with van der Waals surface area (Å²) in [6, 6.07) is 13.1. The molecule has 46 heavy (non-hydrogen) atoms. The predicted molar refractivity (Wildman–Crippen MR) is 175 cm³/mol. The van der Waals surface area contributed by atoms with E-state index in [1.165, 1.54) is 11.3 Å². The number of aryl methyl sites for hydroxylation is 2. The highest BCUT2D eigenvalue weighted by Crippen LogP contribution is 2.51. The number of aliphatic carboxylic acids is 1. The van der Waals surface area contributed by atoms with Gasteiger partial charge >= 0.3 is 5.97 Å². The summed E-state index contributed by atoms with van der Waals surface area (Å²) in [5.74, 6) is 0.168. The van der Waals surface area contributed by atoms with E-state index in [1.54, 1.807) is 25.2 Å². The van der Waals surface area contributed by atoms with Crippen molar-refractivity contribution in [2.75, 3.05) is 25.7 Å². The molecule has 2 amide bonds. The first kappa shape index (κ1) is 33.3. The van der Waals surface area contributed by atoms with Crippen LogP contribution in [0.4, 0.5) is 5.69 Å². The molecule has 3 atom stereocenters. The van der Waals surface area contributed by atoms with Crippen molar-refractivity contribution in [3.05, 3.63) is 68.9 Å². The highest BCUT2D eigenvalue weighted by Gasteiger charge is 2.47. The maximum absolute atomic E-state index is 14.6. The fourth-order valence-corrected chi connectivity index (χ4v) is 7.08. The third-order valence-electron chi connectivity index (χ3n) is 8.37. The van der Waals surface area contributed by atoms with Gasteiger partial charge in [0.2, 0.25) is 5.91 Å². The van der Waals surface area contributed by atoms with Crippen molar-refractivity contribution in [2.24, 2.45) is 5.41 Å². The van der Waals surface area contributed by atoms with E-state index in [1.807, 2.05) is 43.3 Å². The van der Waals surface area contributed by atoms with Crippen molar-refractivity contribution >= 4 is 34.8 Å². The Morgan fingerprint density at radius 3 is 2.54 bits per heavy atom. The van der Waals surface area contributed by atoms with E-state index in [4.69, 9.17) is 24.1 Å². The number of carbonyl (C=O) groups is 3. The minimum absolute atomic E-state index is 0.117. The van der Waals surface area contributed by atoms with Crippen molar-refractivity contribution < 1.29 is 38.4 Å². The van der Waals surface area contributed by atoms with Gasteiger partial charge in [0.15, 0.2) is 11.5 Å². The summed E-state index contributed by atoms with van der Waals surface area (Å²) in [7, 11) is 3.13. The van der Waals surface area contributed by atoms with Gasteiger partial charge in [-0.3, -0.25) is 19.3 Å². The molecule has 0 radical (unpaired) electrons. The minimum Gasteiger partial charge on any atom is -0.493 e. The van der Waals surface area contributed by atoms with E-state index in [-0.39, 0.29) is 36.1 Å². The van der Waals surface area contributed by atoms with Gasteiger partial charge in [0.1, 0.15) is 24.6 Å². The number of methoxy groups -OCH3 is 2. The first-order chi connectivity index (χ1) is 21.9. The Balaban J connectivity index is 1.48. The van der Waals surface area contributed by atoms with Gasteiger partial charge in [-0.25, -0.2) is 0 Å². The number of benzene rings is 2. The largest absolute Gasteiger partial charge is 0.493 e. The number of carboxylic acids is 1.